The van der Waals surface area contributed by atoms with Crippen molar-refractivity contribution in [3.05, 3.63) is 70.3 Å². The zero-order valence-corrected chi connectivity index (χ0v) is 13.9. The molecule has 4 heteroatoms. The normalized spacial score (nSPS) is 28.1. The Bertz CT molecular complexity index is 936. The van der Waals surface area contributed by atoms with Crippen molar-refractivity contribution in [2.75, 3.05) is 13.2 Å². The Balaban J connectivity index is 1.70. The predicted molar refractivity (Wildman–Crippen MR) is 92.3 cm³/mol. The molecule has 0 saturated carbocycles. The number of ether oxygens (including phenoxy) is 3. The van der Waals surface area contributed by atoms with E-state index in [9.17, 15) is 0 Å². The lowest BCUT2D eigenvalue weighted by Gasteiger charge is -2.30. The van der Waals surface area contributed by atoms with Crippen molar-refractivity contribution >= 4 is 12.2 Å². The number of benzene rings is 2. The van der Waals surface area contributed by atoms with Crippen LogP contribution in [0.4, 0.5) is 0 Å². The van der Waals surface area contributed by atoms with E-state index >= 15 is 0 Å². The Morgan fingerprint density at radius 3 is 2.48 bits per heavy atom. The van der Waals surface area contributed by atoms with Crippen LogP contribution in [0.5, 0.6) is 0 Å². The number of hydrogen-bond donors (Lipinski definition) is 0. The molecule has 2 aromatic carbocycles. The molecular weight excluding hydrogens is 314 g/mol. The molecule has 5 rings (SSSR count). The van der Waals surface area contributed by atoms with Gasteiger partial charge in [-0.3, -0.25) is 0 Å². The second-order valence-electron chi connectivity index (χ2n) is 6.77. The lowest BCUT2D eigenvalue weighted by atomic mass is 9.89. The number of nitrogens with zero attached hydrogens (tertiary/aromatic N) is 1. The minimum Gasteiger partial charge on any atom is -0.345 e. The van der Waals surface area contributed by atoms with Gasteiger partial charge in [0.15, 0.2) is 6.10 Å². The van der Waals surface area contributed by atoms with E-state index in [1.807, 2.05) is 31.2 Å². The fraction of sp³-hybridized carbons (Fsp3) is 0.286. The number of epoxide rings is 1. The quantitative estimate of drug-likeness (QED) is 0.750. The first-order valence-electron chi connectivity index (χ1n) is 8.45. The average Bonchev–Trinajstić information content (AvgIpc) is 3.12. The maximum Gasteiger partial charge on any atom is 0.223 e. The molecule has 4 nitrogen and oxygen atoms in total. The molecule has 0 N–H and O–H groups in total. The first-order chi connectivity index (χ1) is 12.2. The first kappa shape index (κ1) is 14.9. The summed E-state index contributed by atoms with van der Waals surface area (Å²) in [5.41, 5.74) is 4.62. The van der Waals surface area contributed by atoms with E-state index in [1.165, 1.54) is 0 Å². The Labute approximate surface area is 146 Å². The molecule has 0 radical (unpaired) electrons. The molecule has 1 aliphatic carbocycles. The van der Waals surface area contributed by atoms with Crippen molar-refractivity contribution in [2.45, 2.75) is 24.4 Å². The third-order valence-corrected chi connectivity index (χ3v) is 5.35. The van der Waals surface area contributed by atoms with Crippen LogP contribution in [-0.4, -0.2) is 19.3 Å². The third-order valence-electron chi connectivity index (χ3n) is 5.35. The molecule has 2 heterocycles. The van der Waals surface area contributed by atoms with Gasteiger partial charge in [-0.05, 0) is 29.7 Å². The molecule has 3 aliphatic rings. The van der Waals surface area contributed by atoms with Gasteiger partial charge in [0, 0.05) is 11.1 Å². The van der Waals surface area contributed by atoms with Crippen molar-refractivity contribution in [1.29, 1.82) is 5.26 Å². The molecule has 0 amide bonds. The molecule has 25 heavy (non-hydrogen) atoms. The standard InChI is InChI=1S/C21H17NO3/c1-20(19(13-22)25-20)16-8-9-18-15(12-16)7-6-14-4-2-3-5-17(14)21(18)23-10-11-24-21/h2-9,12,19H,10-11H2,1H3. The fourth-order valence-electron chi connectivity index (χ4n) is 3.88. The van der Waals surface area contributed by atoms with Crippen LogP contribution in [0.3, 0.4) is 0 Å². The van der Waals surface area contributed by atoms with Gasteiger partial charge in [-0.2, -0.15) is 5.26 Å². The molecule has 2 saturated heterocycles. The topological polar surface area (TPSA) is 54.8 Å². The highest BCUT2D eigenvalue weighted by molar-refractivity contribution is 5.77. The smallest absolute Gasteiger partial charge is 0.223 e. The van der Waals surface area contributed by atoms with Crippen LogP contribution in [0.25, 0.3) is 12.2 Å². The zero-order valence-electron chi connectivity index (χ0n) is 13.9. The molecule has 124 valence electrons. The second kappa shape index (κ2) is 5.03. The number of fused-ring (bicyclic) bond motifs is 4. The zero-order chi connectivity index (χ0) is 17.1. The molecule has 0 bridgehead atoms. The highest BCUT2D eigenvalue weighted by atomic mass is 16.7. The summed E-state index contributed by atoms with van der Waals surface area (Å²) >= 11 is 0. The molecule has 0 aromatic heterocycles. The Kier molecular flexibility index (Phi) is 2.99. The maximum absolute atomic E-state index is 9.14. The lowest BCUT2D eigenvalue weighted by Crippen LogP contribution is -2.30. The SMILES string of the molecule is CC1(c2ccc3c(c2)C=Cc2ccccc2C32OCCO2)OC1C#N. The molecule has 2 atom stereocenters. The van der Waals surface area contributed by atoms with Crippen LogP contribution in [0, 0.1) is 11.3 Å². The van der Waals surface area contributed by atoms with Crippen LogP contribution in [0.2, 0.25) is 0 Å². The summed E-state index contributed by atoms with van der Waals surface area (Å²) in [5, 5.41) is 9.14. The van der Waals surface area contributed by atoms with Gasteiger partial charge in [0.05, 0.1) is 19.3 Å². The van der Waals surface area contributed by atoms with Gasteiger partial charge < -0.3 is 14.2 Å². The number of hydrogen-bond acceptors (Lipinski definition) is 4. The monoisotopic (exact) mass is 331 g/mol. The van der Waals surface area contributed by atoms with Gasteiger partial charge in [-0.15, -0.1) is 0 Å². The average molecular weight is 331 g/mol. The van der Waals surface area contributed by atoms with E-state index in [4.69, 9.17) is 19.5 Å². The van der Waals surface area contributed by atoms with E-state index in [1.54, 1.807) is 0 Å². The van der Waals surface area contributed by atoms with Crippen molar-refractivity contribution in [3.63, 3.8) is 0 Å². The highest BCUT2D eigenvalue weighted by Gasteiger charge is 2.55. The minimum atomic E-state index is -0.867. The Hall–Kier alpha value is -2.45. The van der Waals surface area contributed by atoms with E-state index in [-0.39, 0.29) is 6.10 Å². The van der Waals surface area contributed by atoms with E-state index in [0.29, 0.717) is 13.2 Å². The predicted octanol–water partition coefficient (Wildman–Crippen LogP) is 3.56. The van der Waals surface area contributed by atoms with Gasteiger partial charge in [0.1, 0.15) is 5.60 Å². The lowest BCUT2D eigenvalue weighted by molar-refractivity contribution is -0.130. The number of nitriles is 1. The van der Waals surface area contributed by atoms with Crippen LogP contribution >= 0.6 is 0 Å². The van der Waals surface area contributed by atoms with Crippen molar-refractivity contribution in [3.8, 4) is 6.07 Å². The summed E-state index contributed by atoms with van der Waals surface area (Å²) in [7, 11) is 0. The molecular formula is C21H17NO3. The molecule has 2 unspecified atom stereocenters. The Morgan fingerprint density at radius 1 is 1.00 bits per heavy atom. The van der Waals surface area contributed by atoms with Gasteiger partial charge in [-0.25, -0.2) is 0 Å². The van der Waals surface area contributed by atoms with Crippen LogP contribution in [0.15, 0.2) is 42.5 Å². The molecule has 2 aliphatic heterocycles. The summed E-state index contributed by atoms with van der Waals surface area (Å²) < 4.78 is 17.9. The van der Waals surface area contributed by atoms with E-state index in [0.717, 1.165) is 27.8 Å². The van der Waals surface area contributed by atoms with Crippen LogP contribution in [0.1, 0.15) is 34.7 Å². The fourth-order valence-corrected chi connectivity index (χ4v) is 3.88. The van der Waals surface area contributed by atoms with Gasteiger partial charge in [-0.1, -0.05) is 48.6 Å². The van der Waals surface area contributed by atoms with Gasteiger partial charge >= 0.3 is 0 Å². The van der Waals surface area contributed by atoms with Crippen LogP contribution < -0.4 is 0 Å². The summed E-state index contributed by atoms with van der Waals surface area (Å²) in [5.74, 6) is -0.867. The van der Waals surface area contributed by atoms with Crippen molar-refractivity contribution < 1.29 is 14.2 Å². The Morgan fingerprint density at radius 2 is 1.72 bits per heavy atom. The minimum absolute atomic E-state index is 0.384. The summed E-state index contributed by atoms with van der Waals surface area (Å²) in [6.45, 7) is 3.08. The molecule has 1 spiro atoms. The van der Waals surface area contributed by atoms with E-state index < -0.39 is 11.4 Å². The molecule has 2 fully saturated rings. The maximum atomic E-state index is 9.14. The van der Waals surface area contributed by atoms with Gasteiger partial charge in [0.25, 0.3) is 0 Å². The summed E-state index contributed by atoms with van der Waals surface area (Å²) in [4.78, 5) is 0. The second-order valence-corrected chi connectivity index (χ2v) is 6.77. The molecule has 2 aromatic rings. The van der Waals surface area contributed by atoms with Crippen LogP contribution in [-0.2, 0) is 25.6 Å². The summed E-state index contributed by atoms with van der Waals surface area (Å²) in [6, 6.07) is 16.5. The highest BCUT2D eigenvalue weighted by Crippen LogP contribution is 2.49. The van der Waals surface area contributed by atoms with Crippen molar-refractivity contribution in [2.24, 2.45) is 0 Å². The summed E-state index contributed by atoms with van der Waals surface area (Å²) in [6.07, 6.45) is 3.80. The number of rotatable bonds is 1. The van der Waals surface area contributed by atoms with Crippen molar-refractivity contribution in [1.82, 2.24) is 0 Å². The van der Waals surface area contributed by atoms with E-state index in [2.05, 4.69) is 36.4 Å². The first-order valence-corrected chi connectivity index (χ1v) is 8.45. The largest absolute Gasteiger partial charge is 0.345 e. The third kappa shape index (κ3) is 1.98. The van der Waals surface area contributed by atoms with Gasteiger partial charge in [0.2, 0.25) is 5.79 Å².